The quantitative estimate of drug-likeness (QED) is 0.590. The van der Waals surface area contributed by atoms with Crippen LogP contribution in [0.3, 0.4) is 0 Å². The topological polar surface area (TPSA) is 36.7 Å². The first kappa shape index (κ1) is 8.82. The average molecular weight is 136 g/mol. The first-order valence-corrected chi connectivity index (χ1v) is 2.77. The van der Waals surface area contributed by atoms with E-state index in [0.29, 0.717) is 5.71 Å². The first-order valence-electron chi connectivity index (χ1n) is 2.77. The molecule has 1 aromatic heterocycles. The maximum Gasteiger partial charge on any atom is 0.0834 e. The highest BCUT2D eigenvalue weighted by molar-refractivity contribution is 5.94. The van der Waals surface area contributed by atoms with Crippen LogP contribution in [-0.4, -0.2) is 10.7 Å². The van der Waals surface area contributed by atoms with E-state index in [1.807, 2.05) is 18.2 Å². The van der Waals surface area contributed by atoms with Crippen molar-refractivity contribution in [1.82, 2.24) is 4.98 Å². The number of pyridine rings is 1. The Kier molecular flexibility index (Phi) is 3.33. The SMILES string of the molecule is C.CC(=N)c1ccccn1. The van der Waals surface area contributed by atoms with Gasteiger partial charge in [0.1, 0.15) is 0 Å². The molecule has 54 valence electrons. The predicted octanol–water partition coefficient (Wildman–Crippen LogP) is 2.11. The van der Waals surface area contributed by atoms with E-state index in [2.05, 4.69) is 4.98 Å². The van der Waals surface area contributed by atoms with Crippen molar-refractivity contribution in [3.05, 3.63) is 30.1 Å². The zero-order valence-corrected chi connectivity index (χ0v) is 5.26. The standard InChI is InChI=1S/C7H8N2.CH4/c1-6(8)7-4-2-3-5-9-7;/h2-5,8H,1H3;1H4. The molecule has 0 aliphatic rings. The van der Waals surface area contributed by atoms with E-state index < -0.39 is 0 Å². The van der Waals surface area contributed by atoms with Gasteiger partial charge < -0.3 is 5.41 Å². The van der Waals surface area contributed by atoms with Gasteiger partial charge in [0, 0.05) is 6.20 Å². The Balaban J connectivity index is 0.000000810. The lowest BCUT2D eigenvalue weighted by Gasteiger charge is -1.91. The van der Waals surface area contributed by atoms with Crippen LogP contribution in [0.25, 0.3) is 0 Å². The third-order valence-electron chi connectivity index (χ3n) is 1.05. The van der Waals surface area contributed by atoms with E-state index in [1.54, 1.807) is 13.1 Å². The largest absolute Gasteiger partial charge is 0.303 e. The molecule has 1 rings (SSSR count). The van der Waals surface area contributed by atoms with Crippen LogP contribution in [0.4, 0.5) is 0 Å². The molecule has 0 aliphatic carbocycles. The summed E-state index contributed by atoms with van der Waals surface area (Å²) in [5, 5.41) is 7.17. The van der Waals surface area contributed by atoms with Gasteiger partial charge in [-0.25, -0.2) is 0 Å². The minimum Gasteiger partial charge on any atom is -0.303 e. The lowest BCUT2D eigenvalue weighted by Crippen LogP contribution is -1.93. The van der Waals surface area contributed by atoms with Crippen molar-refractivity contribution >= 4 is 5.71 Å². The zero-order chi connectivity index (χ0) is 6.69. The highest BCUT2D eigenvalue weighted by Crippen LogP contribution is 1.92. The summed E-state index contributed by atoms with van der Waals surface area (Å²) in [5.41, 5.74) is 1.26. The van der Waals surface area contributed by atoms with Gasteiger partial charge in [0.25, 0.3) is 0 Å². The first-order chi connectivity index (χ1) is 4.30. The molecule has 0 fully saturated rings. The molecule has 2 heteroatoms. The number of aromatic nitrogens is 1. The summed E-state index contributed by atoms with van der Waals surface area (Å²) in [6.45, 7) is 1.72. The number of hydrogen-bond acceptors (Lipinski definition) is 2. The Morgan fingerprint density at radius 2 is 2.20 bits per heavy atom. The number of rotatable bonds is 1. The van der Waals surface area contributed by atoms with Gasteiger partial charge in [-0.1, -0.05) is 13.5 Å². The highest BCUT2D eigenvalue weighted by Gasteiger charge is 1.90. The van der Waals surface area contributed by atoms with Gasteiger partial charge in [0.05, 0.1) is 11.4 Å². The summed E-state index contributed by atoms with van der Waals surface area (Å²) in [7, 11) is 0. The highest BCUT2D eigenvalue weighted by atomic mass is 14.7. The molecule has 0 atom stereocenters. The van der Waals surface area contributed by atoms with Gasteiger partial charge in [-0.3, -0.25) is 4.98 Å². The molecule has 2 nitrogen and oxygen atoms in total. The average Bonchev–Trinajstić information content (AvgIpc) is 1.90. The summed E-state index contributed by atoms with van der Waals surface area (Å²) in [4.78, 5) is 3.95. The van der Waals surface area contributed by atoms with Crippen LogP contribution in [0.2, 0.25) is 0 Å². The molecule has 0 spiro atoms. The van der Waals surface area contributed by atoms with Crippen LogP contribution >= 0.6 is 0 Å². The molecule has 1 N–H and O–H groups in total. The molecular weight excluding hydrogens is 124 g/mol. The summed E-state index contributed by atoms with van der Waals surface area (Å²) in [5.74, 6) is 0. The van der Waals surface area contributed by atoms with Gasteiger partial charge in [-0.15, -0.1) is 0 Å². The van der Waals surface area contributed by atoms with Crippen LogP contribution in [0.5, 0.6) is 0 Å². The van der Waals surface area contributed by atoms with Crippen LogP contribution in [0, 0.1) is 5.41 Å². The maximum atomic E-state index is 7.17. The lowest BCUT2D eigenvalue weighted by atomic mass is 10.3. The van der Waals surface area contributed by atoms with Gasteiger partial charge in [-0.05, 0) is 19.1 Å². The molecule has 0 unspecified atom stereocenters. The lowest BCUT2D eigenvalue weighted by molar-refractivity contribution is 1.27. The molecule has 1 aromatic rings. The monoisotopic (exact) mass is 136 g/mol. The van der Waals surface area contributed by atoms with Gasteiger partial charge in [0.2, 0.25) is 0 Å². The van der Waals surface area contributed by atoms with E-state index in [4.69, 9.17) is 5.41 Å². The fourth-order valence-electron chi connectivity index (χ4n) is 0.585. The predicted molar refractivity (Wildman–Crippen MR) is 43.5 cm³/mol. The Labute approximate surface area is 61.4 Å². The smallest absolute Gasteiger partial charge is 0.0834 e. The fourth-order valence-corrected chi connectivity index (χ4v) is 0.585. The molecule has 0 amide bonds. The maximum absolute atomic E-state index is 7.17. The summed E-state index contributed by atoms with van der Waals surface area (Å²) < 4.78 is 0. The van der Waals surface area contributed by atoms with E-state index in [1.165, 1.54) is 0 Å². The van der Waals surface area contributed by atoms with Crippen molar-refractivity contribution in [2.45, 2.75) is 14.4 Å². The molecule has 1 heterocycles. The van der Waals surface area contributed by atoms with Crippen LogP contribution in [0.15, 0.2) is 24.4 Å². The molecular formula is C8H12N2. The molecule has 0 aliphatic heterocycles. The minimum atomic E-state index is 0. The summed E-state index contributed by atoms with van der Waals surface area (Å²) >= 11 is 0. The van der Waals surface area contributed by atoms with E-state index in [9.17, 15) is 0 Å². The molecule has 10 heavy (non-hydrogen) atoms. The second-order valence-corrected chi connectivity index (χ2v) is 1.84. The second-order valence-electron chi connectivity index (χ2n) is 1.84. The Morgan fingerprint density at radius 1 is 1.50 bits per heavy atom. The normalized spacial score (nSPS) is 8.10. The van der Waals surface area contributed by atoms with Crippen molar-refractivity contribution in [2.75, 3.05) is 0 Å². The zero-order valence-electron chi connectivity index (χ0n) is 5.26. The molecule has 0 aromatic carbocycles. The van der Waals surface area contributed by atoms with Crippen molar-refractivity contribution in [1.29, 1.82) is 5.41 Å². The van der Waals surface area contributed by atoms with Crippen LogP contribution < -0.4 is 0 Å². The summed E-state index contributed by atoms with van der Waals surface area (Å²) in [6.07, 6.45) is 1.69. The molecule has 0 radical (unpaired) electrons. The van der Waals surface area contributed by atoms with Crippen LogP contribution in [-0.2, 0) is 0 Å². The number of nitrogens with one attached hydrogen (secondary N) is 1. The van der Waals surface area contributed by atoms with Crippen molar-refractivity contribution < 1.29 is 0 Å². The third kappa shape index (κ3) is 1.97. The van der Waals surface area contributed by atoms with E-state index in [0.717, 1.165) is 5.69 Å². The van der Waals surface area contributed by atoms with Gasteiger partial charge in [-0.2, -0.15) is 0 Å². The molecule has 0 saturated carbocycles. The van der Waals surface area contributed by atoms with Crippen molar-refractivity contribution in [3.8, 4) is 0 Å². The Morgan fingerprint density at radius 3 is 2.50 bits per heavy atom. The second kappa shape index (κ2) is 3.77. The number of hydrogen-bond donors (Lipinski definition) is 1. The van der Waals surface area contributed by atoms with E-state index >= 15 is 0 Å². The molecule has 0 saturated heterocycles. The van der Waals surface area contributed by atoms with E-state index in [-0.39, 0.29) is 7.43 Å². The molecule has 0 bridgehead atoms. The van der Waals surface area contributed by atoms with Gasteiger partial charge in [0.15, 0.2) is 0 Å². The Hall–Kier alpha value is -1.18. The number of nitrogens with zero attached hydrogens (tertiary/aromatic N) is 1. The Bertz CT molecular complexity index is 204. The minimum absolute atomic E-state index is 0. The van der Waals surface area contributed by atoms with Crippen molar-refractivity contribution in [3.63, 3.8) is 0 Å². The van der Waals surface area contributed by atoms with Gasteiger partial charge >= 0.3 is 0 Å². The van der Waals surface area contributed by atoms with Crippen LogP contribution in [0.1, 0.15) is 20.0 Å². The third-order valence-corrected chi connectivity index (χ3v) is 1.05. The van der Waals surface area contributed by atoms with Crippen molar-refractivity contribution in [2.24, 2.45) is 0 Å². The fraction of sp³-hybridized carbons (Fsp3) is 0.250. The summed E-state index contributed by atoms with van der Waals surface area (Å²) in [6, 6.07) is 5.54.